The van der Waals surface area contributed by atoms with Gasteiger partial charge in [0.2, 0.25) is 0 Å². The van der Waals surface area contributed by atoms with Crippen LogP contribution in [0.4, 0.5) is 5.69 Å². The van der Waals surface area contributed by atoms with Crippen LogP contribution in [-0.4, -0.2) is 19.1 Å². The van der Waals surface area contributed by atoms with Crippen molar-refractivity contribution in [3.8, 4) is 0 Å². The van der Waals surface area contributed by atoms with E-state index in [0.717, 1.165) is 5.69 Å². The molecule has 3 nitrogen and oxygen atoms in total. The summed E-state index contributed by atoms with van der Waals surface area (Å²) in [5.74, 6) is 0.119. The summed E-state index contributed by atoms with van der Waals surface area (Å²) < 4.78 is 5.32. The lowest BCUT2D eigenvalue weighted by Crippen LogP contribution is -2.43. The van der Waals surface area contributed by atoms with Gasteiger partial charge in [0.25, 0.3) is 5.91 Å². The molecule has 2 aliphatic rings. The molecule has 2 atom stereocenters. The Balaban J connectivity index is 2.19. The number of para-hydroxylation sites is 1. The standard InChI is InChI=1S/C12H11NO2/c1-13-10-5-3-2-4-8(10)9-6-7-15-11(9)12(13)14/h2-7,9,11H,1H3/t9-,11+/m1/s1. The second-order valence-corrected chi connectivity index (χ2v) is 3.87. The minimum Gasteiger partial charge on any atom is -0.488 e. The smallest absolute Gasteiger partial charge is 0.268 e. The third-order valence-electron chi connectivity index (χ3n) is 3.07. The molecule has 1 aromatic rings. The third kappa shape index (κ3) is 1.03. The van der Waals surface area contributed by atoms with Crippen LogP contribution in [0, 0.1) is 0 Å². The average molecular weight is 201 g/mol. The Labute approximate surface area is 88.0 Å². The fourth-order valence-electron chi connectivity index (χ4n) is 2.26. The zero-order valence-corrected chi connectivity index (χ0v) is 8.38. The first-order chi connectivity index (χ1) is 7.29. The van der Waals surface area contributed by atoms with Crippen LogP contribution >= 0.6 is 0 Å². The summed E-state index contributed by atoms with van der Waals surface area (Å²) >= 11 is 0. The van der Waals surface area contributed by atoms with Crippen molar-refractivity contribution >= 4 is 11.6 Å². The lowest BCUT2D eigenvalue weighted by Gasteiger charge is -2.32. The number of hydrogen-bond acceptors (Lipinski definition) is 2. The predicted molar refractivity (Wildman–Crippen MR) is 56.6 cm³/mol. The Bertz CT molecular complexity index is 453. The van der Waals surface area contributed by atoms with Crippen molar-refractivity contribution in [2.75, 3.05) is 11.9 Å². The molecule has 2 aliphatic heterocycles. The van der Waals surface area contributed by atoms with E-state index in [1.54, 1.807) is 18.2 Å². The quantitative estimate of drug-likeness (QED) is 0.639. The van der Waals surface area contributed by atoms with Gasteiger partial charge >= 0.3 is 0 Å². The van der Waals surface area contributed by atoms with Gasteiger partial charge in [0, 0.05) is 12.7 Å². The molecule has 0 aromatic heterocycles. The highest BCUT2D eigenvalue weighted by Gasteiger charge is 2.40. The van der Waals surface area contributed by atoms with Crippen LogP contribution < -0.4 is 4.90 Å². The number of carbonyl (C=O) groups is 1. The van der Waals surface area contributed by atoms with Crippen molar-refractivity contribution < 1.29 is 9.53 Å². The Morgan fingerprint density at radius 2 is 2.13 bits per heavy atom. The SMILES string of the molecule is CN1C(=O)[C@H]2OC=C[C@@H]2c2ccccc21. The van der Waals surface area contributed by atoms with E-state index in [0.29, 0.717) is 0 Å². The van der Waals surface area contributed by atoms with E-state index >= 15 is 0 Å². The van der Waals surface area contributed by atoms with E-state index in [9.17, 15) is 4.79 Å². The molecule has 0 saturated carbocycles. The van der Waals surface area contributed by atoms with Crippen LogP contribution in [0.5, 0.6) is 0 Å². The van der Waals surface area contributed by atoms with Gasteiger partial charge in [-0.2, -0.15) is 0 Å². The maximum Gasteiger partial charge on any atom is 0.268 e. The number of benzene rings is 1. The number of amides is 1. The number of likely N-dealkylation sites (N-methyl/N-ethyl adjacent to an activating group) is 1. The molecule has 0 spiro atoms. The van der Waals surface area contributed by atoms with Gasteiger partial charge in [0.05, 0.1) is 12.2 Å². The molecule has 3 rings (SSSR count). The predicted octanol–water partition coefficient (Wildman–Crippen LogP) is 1.66. The molecule has 0 radical (unpaired) electrons. The molecule has 1 amide bonds. The summed E-state index contributed by atoms with van der Waals surface area (Å²) in [6, 6.07) is 7.96. The van der Waals surface area contributed by atoms with Crippen molar-refractivity contribution in [3.63, 3.8) is 0 Å². The number of carbonyl (C=O) groups excluding carboxylic acids is 1. The number of rotatable bonds is 0. The average Bonchev–Trinajstić information content (AvgIpc) is 2.75. The lowest BCUT2D eigenvalue weighted by atomic mass is 9.88. The molecule has 0 aliphatic carbocycles. The maximum absolute atomic E-state index is 11.9. The first-order valence-electron chi connectivity index (χ1n) is 4.97. The number of hydrogen-bond donors (Lipinski definition) is 0. The molecule has 0 fully saturated rings. The van der Waals surface area contributed by atoms with Crippen LogP contribution in [0.3, 0.4) is 0 Å². The molecule has 15 heavy (non-hydrogen) atoms. The van der Waals surface area contributed by atoms with Crippen molar-refractivity contribution in [1.29, 1.82) is 0 Å². The molecular formula is C12H11NO2. The van der Waals surface area contributed by atoms with Crippen molar-refractivity contribution in [3.05, 3.63) is 42.2 Å². The van der Waals surface area contributed by atoms with Gasteiger partial charge < -0.3 is 9.64 Å². The summed E-state index contributed by atoms with van der Waals surface area (Å²) in [6.07, 6.45) is 3.22. The van der Waals surface area contributed by atoms with E-state index in [1.165, 1.54) is 5.56 Å². The van der Waals surface area contributed by atoms with Gasteiger partial charge in [-0.05, 0) is 17.7 Å². The number of anilines is 1. The molecule has 1 aromatic carbocycles. The summed E-state index contributed by atoms with van der Waals surface area (Å²) in [5, 5.41) is 0. The second kappa shape index (κ2) is 2.86. The highest BCUT2D eigenvalue weighted by molar-refractivity contribution is 6.00. The number of ether oxygens (including phenoxy) is 1. The molecule has 76 valence electrons. The van der Waals surface area contributed by atoms with Crippen LogP contribution in [0.2, 0.25) is 0 Å². The van der Waals surface area contributed by atoms with Crippen molar-refractivity contribution in [2.24, 2.45) is 0 Å². The molecule has 3 heteroatoms. The van der Waals surface area contributed by atoms with Gasteiger partial charge in [0.1, 0.15) is 0 Å². The minimum atomic E-state index is -0.357. The Morgan fingerprint density at radius 3 is 3.00 bits per heavy atom. The second-order valence-electron chi connectivity index (χ2n) is 3.87. The van der Waals surface area contributed by atoms with Gasteiger partial charge in [-0.25, -0.2) is 0 Å². The lowest BCUT2D eigenvalue weighted by molar-refractivity contribution is -0.126. The van der Waals surface area contributed by atoms with E-state index in [2.05, 4.69) is 6.07 Å². The summed E-state index contributed by atoms with van der Waals surface area (Å²) in [4.78, 5) is 13.6. The Morgan fingerprint density at radius 1 is 1.33 bits per heavy atom. The van der Waals surface area contributed by atoms with Crippen molar-refractivity contribution in [1.82, 2.24) is 0 Å². The molecule has 0 saturated heterocycles. The molecule has 0 unspecified atom stereocenters. The third-order valence-corrected chi connectivity index (χ3v) is 3.07. The van der Waals surface area contributed by atoms with E-state index < -0.39 is 0 Å². The fraction of sp³-hybridized carbons (Fsp3) is 0.250. The first-order valence-corrected chi connectivity index (χ1v) is 4.97. The molecule has 0 bridgehead atoms. The van der Waals surface area contributed by atoms with Crippen molar-refractivity contribution in [2.45, 2.75) is 12.0 Å². The summed E-state index contributed by atoms with van der Waals surface area (Å²) in [7, 11) is 1.79. The molecule has 0 N–H and O–H groups in total. The highest BCUT2D eigenvalue weighted by atomic mass is 16.5. The van der Waals surface area contributed by atoms with Crippen LogP contribution in [0.25, 0.3) is 0 Å². The number of nitrogens with zero attached hydrogens (tertiary/aromatic N) is 1. The van der Waals surface area contributed by atoms with Gasteiger partial charge in [-0.15, -0.1) is 0 Å². The van der Waals surface area contributed by atoms with Crippen LogP contribution in [-0.2, 0) is 9.53 Å². The largest absolute Gasteiger partial charge is 0.488 e. The normalized spacial score (nSPS) is 27.3. The summed E-state index contributed by atoms with van der Waals surface area (Å²) in [6.45, 7) is 0. The zero-order chi connectivity index (χ0) is 10.4. The van der Waals surface area contributed by atoms with E-state index in [-0.39, 0.29) is 17.9 Å². The topological polar surface area (TPSA) is 29.5 Å². The van der Waals surface area contributed by atoms with Crippen LogP contribution in [0.15, 0.2) is 36.6 Å². The van der Waals surface area contributed by atoms with Gasteiger partial charge in [0.15, 0.2) is 6.10 Å². The van der Waals surface area contributed by atoms with E-state index in [4.69, 9.17) is 4.74 Å². The molecule has 2 heterocycles. The van der Waals surface area contributed by atoms with Gasteiger partial charge in [-0.3, -0.25) is 4.79 Å². The van der Waals surface area contributed by atoms with Gasteiger partial charge in [-0.1, -0.05) is 18.2 Å². The zero-order valence-electron chi connectivity index (χ0n) is 8.38. The fourth-order valence-corrected chi connectivity index (χ4v) is 2.26. The highest BCUT2D eigenvalue weighted by Crippen LogP contribution is 2.39. The minimum absolute atomic E-state index is 0.0312. The molecular weight excluding hydrogens is 190 g/mol. The Hall–Kier alpha value is -1.77. The number of fused-ring (bicyclic) bond motifs is 3. The van der Waals surface area contributed by atoms with Crippen LogP contribution in [0.1, 0.15) is 11.5 Å². The monoisotopic (exact) mass is 201 g/mol. The summed E-state index contributed by atoms with van der Waals surface area (Å²) in [5.41, 5.74) is 2.15. The Kier molecular flexibility index (Phi) is 1.63. The maximum atomic E-state index is 11.9. The van der Waals surface area contributed by atoms with E-state index in [1.807, 2.05) is 24.3 Å². The first kappa shape index (κ1) is 8.53.